The highest BCUT2D eigenvalue weighted by molar-refractivity contribution is 5.87. The summed E-state index contributed by atoms with van der Waals surface area (Å²) in [6.07, 6.45) is 16.8. The molecule has 16 fully saturated rings. The van der Waals surface area contributed by atoms with E-state index in [4.69, 9.17) is 18.9 Å². The Bertz CT molecular complexity index is 4970. The lowest BCUT2D eigenvalue weighted by atomic mass is 9.48. The topological polar surface area (TPSA) is 180 Å². The molecule has 16 bridgehead atoms. The first-order chi connectivity index (χ1) is 66.2. The molecule has 16 saturated carbocycles. The van der Waals surface area contributed by atoms with E-state index in [1.165, 1.54) is 50.8 Å². The Kier molecular flexibility index (Phi) is 35.9. The molecule has 0 saturated heterocycles. The molecule has 0 radical (unpaired) electrons. The summed E-state index contributed by atoms with van der Waals surface area (Å²) in [6, 6.07) is 79.6. The fraction of sp³-hybridized carbons (Fsp3) is 0.542. The van der Waals surface area contributed by atoms with Crippen LogP contribution in [0, 0.1) is 98.6 Å². The SMILES string of the molecule is CC(C)(C)c1ccc([I+]c2ccc(C(C)(C)C)cc2)cc1.CC(C)(C)c1ccc([I+]c2ccc(C(C)(C)C)cc2)cc1.CC(F)(F)C(=O)OC12CC3CC(C1)C(=O)C(C3)C2.CC(F)(F)C(=O)OC12CC3CC(C1)C(=O)C(C3)C2.CC(F)(F)C(=O)OCC12CC3CC(CC(O)(C3)C1)C2.CC(F)(F)C(=O)OCC12CC3CC(CC(O)(C3)C1)C2.c1ccc([I+]c2ccccc2)cc1.c1ccc([I+]c2ccccc2)cc1. The van der Waals surface area contributed by atoms with E-state index in [2.05, 4.69) is 301 Å². The molecule has 0 amide bonds. The van der Waals surface area contributed by atoms with E-state index in [0.29, 0.717) is 115 Å². The molecule has 0 aliphatic heterocycles. The van der Waals surface area contributed by atoms with Crippen molar-refractivity contribution in [3.63, 3.8) is 0 Å². The van der Waals surface area contributed by atoms with Crippen LogP contribution in [0.3, 0.4) is 0 Å². The highest BCUT2D eigenvalue weighted by Gasteiger charge is 2.63. The lowest BCUT2D eigenvalue weighted by Crippen LogP contribution is -3.61. The van der Waals surface area contributed by atoms with Gasteiger partial charge in [-0.25, -0.2) is 19.2 Å². The minimum absolute atomic E-state index is 0.0287. The number of alkyl halides is 8. The van der Waals surface area contributed by atoms with Crippen LogP contribution in [0.1, 0.15) is 274 Å². The first-order valence-electron chi connectivity index (χ1n) is 50.3. The first kappa shape index (κ1) is 112. The highest BCUT2D eigenvalue weighted by Crippen LogP contribution is 2.64. The van der Waals surface area contributed by atoms with Gasteiger partial charge in [-0.1, -0.05) is 204 Å². The van der Waals surface area contributed by atoms with Gasteiger partial charge in [-0.15, -0.1) is 0 Å². The second-order valence-electron chi connectivity index (χ2n) is 47.3. The van der Waals surface area contributed by atoms with Crippen molar-refractivity contribution in [3.05, 3.63) is 269 Å². The summed E-state index contributed by atoms with van der Waals surface area (Å²) in [6.45, 7) is 29.5. The maximum absolute atomic E-state index is 12.9. The minimum atomic E-state index is -3.45. The predicted octanol–water partition coefficient (Wildman–Crippen LogP) is 14.1. The largest absolute Gasteiger partial charge is 0.461 e. The second-order valence-corrected chi connectivity index (χ2v) is 59.4. The van der Waals surface area contributed by atoms with E-state index in [-0.39, 0.29) is 166 Å². The minimum Gasteiger partial charge on any atom is -0.461 e. The maximum Gasteiger partial charge on any atom is 0.377 e. The predicted molar refractivity (Wildman–Crippen MR) is 519 cm³/mol. The van der Waals surface area contributed by atoms with Crippen molar-refractivity contribution < 1.29 is 178 Å². The Morgan fingerprint density at radius 3 is 0.669 bits per heavy atom. The van der Waals surface area contributed by atoms with Gasteiger partial charge in [0.05, 0.1) is 24.4 Å². The van der Waals surface area contributed by atoms with E-state index in [0.717, 1.165) is 89.9 Å². The van der Waals surface area contributed by atoms with Gasteiger partial charge in [0, 0.05) is 62.2 Å². The number of ether oxygens (including phenoxy) is 4. The van der Waals surface area contributed by atoms with E-state index in [1.807, 2.05) is 0 Å². The number of benzene rings is 8. The normalized spacial score (nSPS) is 28.1. The van der Waals surface area contributed by atoms with Gasteiger partial charge >= 0.3 is 132 Å². The number of halogens is 12. The molecular formula is C118H144F8I4O12+4. The van der Waals surface area contributed by atoms with Gasteiger partial charge in [0.15, 0.2) is 28.6 Å². The van der Waals surface area contributed by atoms with Crippen LogP contribution in [0.2, 0.25) is 0 Å². The third-order valence-electron chi connectivity index (χ3n) is 29.9. The number of carbonyl (C=O) groups excluding carboxylic acids is 6. The van der Waals surface area contributed by atoms with Gasteiger partial charge in [-0.2, -0.15) is 35.1 Å². The average Bonchev–Trinajstić information content (AvgIpc) is 0.748. The van der Waals surface area contributed by atoms with E-state index >= 15 is 0 Å². The van der Waals surface area contributed by atoms with Gasteiger partial charge in [0.1, 0.15) is 22.8 Å². The summed E-state index contributed by atoms with van der Waals surface area (Å²) in [5.41, 5.74) is 3.22. The number of hydrogen-bond donors (Lipinski definition) is 2. The monoisotopic (exact) mass is 2410 g/mol. The van der Waals surface area contributed by atoms with Gasteiger partial charge in [-0.3, -0.25) is 9.59 Å². The van der Waals surface area contributed by atoms with Crippen LogP contribution >= 0.6 is 0 Å². The van der Waals surface area contributed by atoms with Crippen LogP contribution in [0.25, 0.3) is 0 Å². The summed E-state index contributed by atoms with van der Waals surface area (Å²) in [4.78, 5) is 69.0. The van der Waals surface area contributed by atoms with E-state index < -0.39 is 70.0 Å². The third-order valence-corrected chi connectivity index (χ3v) is 40.6. The molecule has 8 aromatic rings. The Labute approximate surface area is 877 Å². The molecule has 16 aliphatic rings. The number of carbonyl (C=O) groups is 6. The molecule has 24 heteroatoms. The number of aliphatic hydroxyl groups is 2. The summed E-state index contributed by atoms with van der Waals surface area (Å²) in [5.74, 6) is -16.8. The molecule has 24 rings (SSSR count). The van der Waals surface area contributed by atoms with Crippen LogP contribution < -0.4 is 84.8 Å². The van der Waals surface area contributed by atoms with Crippen LogP contribution in [-0.4, -0.2) is 105 Å². The Morgan fingerprint density at radius 1 is 0.275 bits per heavy atom. The average molecular weight is 2410 g/mol. The smallest absolute Gasteiger partial charge is 0.377 e. The number of ketones is 2. The van der Waals surface area contributed by atoms with E-state index in [1.54, 1.807) is 0 Å². The van der Waals surface area contributed by atoms with Crippen molar-refractivity contribution >= 4 is 35.4 Å². The molecule has 768 valence electrons. The number of esters is 4. The van der Waals surface area contributed by atoms with Crippen molar-refractivity contribution in [2.75, 3.05) is 13.2 Å². The van der Waals surface area contributed by atoms with Gasteiger partial charge < -0.3 is 29.2 Å². The van der Waals surface area contributed by atoms with Gasteiger partial charge in [0.2, 0.25) is 0 Å². The fourth-order valence-corrected chi connectivity index (χ4v) is 33.3. The van der Waals surface area contributed by atoms with Crippen molar-refractivity contribution in [2.45, 2.75) is 320 Å². The number of Topliss-reactive ketones (excluding diaryl/α,β-unsaturated/α-hetero) is 2. The molecule has 0 heterocycles. The Balaban J connectivity index is 0.000000137. The second kappa shape index (κ2) is 45.4. The zero-order valence-electron chi connectivity index (χ0n) is 85.0. The third kappa shape index (κ3) is 31.2. The van der Waals surface area contributed by atoms with Crippen molar-refractivity contribution in [2.24, 2.45) is 70.0 Å². The van der Waals surface area contributed by atoms with Crippen molar-refractivity contribution in [1.29, 1.82) is 0 Å². The molecule has 8 aromatic carbocycles. The molecule has 0 spiro atoms. The number of rotatable bonds is 18. The van der Waals surface area contributed by atoms with Crippen LogP contribution in [0.15, 0.2) is 218 Å². The summed E-state index contributed by atoms with van der Waals surface area (Å²) < 4.78 is 135. The lowest BCUT2D eigenvalue weighted by Gasteiger charge is -2.59. The van der Waals surface area contributed by atoms with Gasteiger partial charge in [0.25, 0.3) is 0 Å². The molecular weight excluding hydrogens is 2270 g/mol. The fourth-order valence-electron chi connectivity index (χ4n) is 24.5. The molecule has 12 nitrogen and oxygen atoms in total. The lowest BCUT2D eigenvalue weighted by molar-refractivity contribution is -0.597. The van der Waals surface area contributed by atoms with Gasteiger partial charge in [-0.05, 0) is 318 Å². The number of hydrogen-bond acceptors (Lipinski definition) is 12. The quantitative estimate of drug-likeness (QED) is 0.0360. The van der Waals surface area contributed by atoms with Crippen molar-refractivity contribution in [1.82, 2.24) is 0 Å². The van der Waals surface area contributed by atoms with Crippen LogP contribution in [0.5, 0.6) is 0 Å². The standard InChI is InChI=1S/2C20H26I.2C14H20F2O3.2C13H16F2O3.2C12H10I/c2*1-19(2,3)15-7-11-17(12-8-15)21-18-13-9-16(10-14-18)20(4,5)6;2*1-12(15,16)11(17)19-8-13-3-9-2-10(4-13)6-14(18,5-9)7-13;2*1-12(14,15)11(17)18-13-4-7-2-8(5-13)10(16)9(3-7)6-13;2*1-3-7-11(8-4-1)13-12-9-5-2-6-10-12/h2*7-14H,1-6H3;2*9-10,18H,2-8H2,1H3;2*7-9H,2-6H2,1H3;2*1-10H/q2*+1;;;;;2*+1. The molecule has 8 atom stereocenters. The zero-order chi connectivity index (χ0) is 103. The molecule has 142 heavy (non-hydrogen) atoms. The maximum atomic E-state index is 12.9. The highest BCUT2D eigenvalue weighted by atomic mass is 127. The van der Waals surface area contributed by atoms with Crippen LogP contribution in [0.4, 0.5) is 35.1 Å². The molecule has 0 aromatic heterocycles. The molecule has 16 aliphatic carbocycles. The van der Waals surface area contributed by atoms with Crippen LogP contribution in [-0.2, 0) is 69.4 Å². The Hall–Kier alpha value is -6.74. The zero-order valence-corrected chi connectivity index (χ0v) is 93.7. The van der Waals surface area contributed by atoms with Crippen molar-refractivity contribution in [3.8, 4) is 0 Å². The molecule has 2 N–H and O–H groups in total. The first-order valence-corrected chi connectivity index (χ1v) is 58.9. The summed E-state index contributed by atoms with van der Waals surface area (Å²) in [5, 5.41) is 21.0. The summed E-state index contributed by atoms with van der Waals surface area (Å²) in [7, 11) is 0. The van der Waals surface area contributed by atoms with E-state index in [9.17, 15) is 74.1 Å². The molecule has 8 unspecified atom stereocenters. The Morgan fingerprint density at radius 2 is 0.479 bits per heavy atom. The summed E-state index contributed by atoms with van der Waals surface area (Å²) >= 11 is -0.0832.